The van der Waals surface area contributed by atoms with Gasteiger partial charge in [-0.25, -0.2) is 40.8 Å². The molecule has 24 N–H and O–H groups in total. The molecule has 16 aromatic heterocycles. The van der Waals surface area contributed by atoms with Gasteiger partial charge in [0.2, 0.25) is 101 Å². The molecule has 136 heavy (non-hydrogen) atoms. The van der Waals surface area contributed by atoms with Crippen LogP contribution >= 0.6 is 68.0 Å². The molecule has 0 saturated heterocycles. The number of allylic oxidation sites excluding steroid dienone is 12. The van der Waals surface area contributed by atoms with Gasteiger partial charge in [-0.1, -0.05) is 48.6 Å². The van der Waals surface area contributed by atoms with Crippen LogP contribution < -0.4 is 105 Å². The molecule has 0 bridgehead atoms. The third-order valence-electron chi connectivity index (χ3n) is 18.0. The van der Waals surface area contributed by atoms with Crippen LogP contribution in [0, 0.1) is 0 Å². The van der Waals surface area contributed by atoms with Crippen LogP contribution in [0.25, 0.3) is 0 Å². The van der Waals surface area contributed by atoms with Crippen LogP contribution in [0.2, 0.25) is 0 Å². The van der Waals surface area contributed by atoms with E-state index in [0.29, 0.717) is 101 Å². The maximum absolute atomic E-state index is 5.53. The number of anilines is 26. The van der Waals surface area contributed by atoms with E-state index in [1.807, 2.05) is 259 Å². The Balaban J connectivity index is 0.000000145. The normalized spacial score (nSPS) is 11.9. The van der Waals surface area contributed by atoms with Gasteiger partial charge in [0, 0.05) is 136 Å². The first-order chi connectivity index (χ1) is 65.9. The molecule has 0 aromatic carbocycles. The highest BCUT2D eigenvalue weighted by molar-refractivity contribution is 7.15. The number of hydrogen-bond donors (Lipinski definition) is 21. The van der Waals surface area contributed by atoms with E-state index in [1.54, 1.807) is 101 Å². The number of nitrogens with two attached hydrogens (primary N) is 3. The van der Waals surface area contributed by atoms with Gasteiger partial charge in [-0.3, -0.25) is 9.13 Å². The molecule has 0 spiro atoms. The molecule has 50 nitrogen and oxygen atoms in total. The molecule has 0 fully saturated rings. The number of hydrogen-bond acceptors (Lipinski definition) is 46. The number of nitrogen functional groups attached to an aromatic ring is 3. The van der Waals surface area contributed by atoms with E-state index in [0.717, 1.165) is 96.3 Å². The Morgan fingerprint density at radius 3 is 1.12 bits per heavy atom. The summed E-state index contributed by atoms with van der Waals surface area (Å²) in [5, 5.41) is 118. The van der Waals surface area contributed by atoms with Crippen molar-refractivity contribution in [3.8, 4) is 0 Å². The predicted molar refractivity (Wildman–Crippen MR) is 554 cm³/mol. The summed E-state index contributed by atoms with van der Waals surface area (Å²) < 4.78 is 3.62. The minimum absolute atomic E-state index is 0.320. The maximum atomic E-state index is 5.53. The van der Waals surface area contributed by atoms with Crippen molar-refractivity contribution < 1.29 is 0 Å². The summed E-state index contributed by atoms with van der Waals surface area (Å²) in [6, 6.07) is 24.0. The summed E-state index contributed by atoms with van der Waals surface area (Å²) >= 11 is 9.85. The maximum Gasteiger partial charge on any atom is 0.251 e. The van der Waals surface area contributed by atoms with Gasteiger partial charge >= 0.3 is 0 Å². The van der Waals surface area contributed by atoms with E-state index in [-0.39, 0.29) is 0 Å². The van der Waals surface area contributed by atoms with Gasteiger partial charge in [0.05, 0.1) is 30.0 Å². The number of likely N-dealkylation sites (N-methyl/N-ethyl adjacent to an activating group) is 1. The van der Waals surface area contributed by atoms with Crippen molar-refractivity contribution in [1.29, 1.82) is 0 Å². The van der Waals surface area contributed by atoms with Crippen LogP contribution in [0.1, 0.15) is 25.7 Å². The highest BCUT2D eigenvalue weighted by Gasteiger charge is 2.18. The molecule has 4 aliphatic carbocycles. The molecule has 0 saturated carbocycles. The summed E-state index contributed by atoms with van der Waals surface area (Å²) in [5.74, 6) is 12.3. The monoisotopic (exact) mass is 1960 g/mol. The smallest absolute Gasteiger partial charge is 0.251 e. The van der Waals surface area contributed by atoms with Crippen molar-refractivity contribution in [2.75, 3.05) is 203 Å². The summed E-state index contributed by atoms with van der Waals surface area (Å²) in [6.07, 6.45) is 28.5. The van der Waals surface area contributed by atoms with Crippen LogP contribution in [-0.2, 0) is 14.1 Å². The Morgan fingerprint density at radius 2 is 0.721 bits per heavy atom. The fourth-order valence-electron chi connectivity index (χ4n) is 10.9. The number of thiophene rings is 6. The molecule has 0 unspecified atom stereocenters. The fraction of sp³-hybridized carbons (Fsp3) is 0.250. The zero-order valence-electron chi connectivity index (χ0n) is 77.3. The quantitative estimate of drug-likeness (QED) is 0.0227. The van der Waals surface area contributed by atoms with Crippen LogP contribution in [0.3, 0.4) is 0 Å². The molecule has 0 radical (unpaired) electrons. The largest absolute Gasteiger partial charge is 0.368 e. The van der Waals surface area contributed by atoms with E-state index in [1.165, 1.54) is 0 Å². The van der Waals surface area contributed by atoms with Crippen molar-refractivity contribution in [2.45, 2.75) is 25.7 Å². The highest BCUT2D eigenvalue weighted by Crippen LogP contribution is 2.31. The predicted octanol–water partition coefficient (Wildman–Crippen LogP) is 13.1. The minimum atomic E-state index is 0.320. The van der Waals surface area contributed by atoms with Gasteiger partial charge in [0.1, 0.15) is 0 Å². The van der Waals surface area contributed by atoms with Crippen molar-refractivity contribution >= 4 is 217 Å². The lowest BCUT2D eigenvalue weighted by Crippen LogP contribution is -2.15. The van der Waals surface area contributed by atoms with Crippen molar-refractivity contribution in [1.82, 2.24) is 151 Å². The second kappa shape index (κ2) is 51.4. The fourth-order valence-corrected chi connectivity index (χ4v) is 14.9. The molecular formula is C80H110N50S6. The first-order valence-corrected chi connectivity index (χ1v) is 46.6. The summed E-state index contributed by atoms with van der Waals surface area (Å²) in [6.45, 7) is 0. The zero-order valence-corrected chi connectivity index (χ0v) is 82.2. The molecule has 16 heterocycles. The summed E-state index contributed by atoms with van der Waals surface area (Å²) in [5.41, 5.74) is 20.5. The standard InChI is InChI=1S/2C9H13N5S.3C8H11N5S.3C8H11N5.C7H9N5S.C7H9N5/c1-13(2)8-10-9(12-11-8)14(3)7-5-4-6-15-7;1-13(2)9-12-11-8(14(9)3)10-7-5-4-6-15-7;1-13(2)8-10-7(11-12-8)9-6-4-3-5-14-6;2*1-9-7-10-8(12-11-7)13(2)6-4-3-5-14-6;1-13(6-4-2-3-5-6)8-10-7(9)11-12-8;1-13-7(9)11-12-8(13)10-6-4-2-3-5-6;1-9-7-11-8(13-12-7)10-6-4-2-3-5-6;1-8-6-10-7(12-11-6)9-5-3-2-4-13-5;8-6-10-7(12-11-6)9-5-3-1-2-4-5/h4-6H,1-3H3,(H,10,11,12);4-6H,1-3H3,(H,10,11);3*3-5H,1-2H3,(H2,9,10,11,12);2,4-5H,3H2,1H3,(H3,9,10,11,12);2,4-5H,3H2,1H3,(H2,9,11)(H,10,12);2,4-5H,3H2,1H3,(H3,9,10,11,12,13);2-4H,1H3,(H3,8,9,10,11,12);1,3-4H,2H2,(H4,8,9,10,11,12). The number of rotatable bonds is 27. The molecule has 56 heteroatoms. The Labute approximate surface area is 806 Å². The SMILES string of the molecule is CN(C)c1n[nH]c(N(C)c2cccs2)n1.CN(C)c1n[nH]c(Nc2cccs2)n1.CN(C)c1nnc(Nc2cccs2)n1C.CN(C1=CCC=C1)c1n[nH]c(N)n1.CNc1n[nH]c(NC2=CCC=C2)n1.CNc1n[nH]c(Nc2cccs2)n1.CNc1nc(N(C)c2cccs2)n[nH]1.CNc1nc(N(C)c2cccs2)n[nH]1.Cn1c(N)nnc1NC1=CCC=C1.Nc1nc(NC2=CCC=C2)n[nH]1. The van der Waals surface area contributed by atoms with Crippen LogP contribution in [0.15, 0.2) is 201 Å². The number of nitrogens with one attached hydrogen (secondary N) is 18. The van der Waals surface area contributed by atoms with Crippen molar-refractivity contribution in [2.24, 2.45) is 14.1 Å². The lowest BCUT2D eigenvalue weighted by Gasteiger charge is -2.13. The van der Waals surface area contributed by atoms with Crippen molar-refractivity contribution in [3.05, 3.63) is 201 Å². The first-order valence-electron chi connectivity index (χ1n) is 41.3. The lowest BCUT2D eigenvalue weighted by atomic mass is 10.4. The van der Waals surface area contributed by atoms with Gasteiger partial charge in [0.15, 0.2) is 0 Å². The van der Waals surface area contributed by atoms with Crippen LogP contribution in [-0.4, -0.2) is 250 Å². The molecule has 16 aromatic rings. The molecule has 4 aliphatic rings. The molecule has 716 valence electrons. The van der Waals surface area contributed by atoms with E-state index >= 15 is 0 Å². The van der Waals surface area contributed by atoms with Crippen LogP contribution in [0.5, 0.6) is 0 Å². The van der Waals surface area contributed by atoms with E-state index in [4.69, 9.17) is 17.2 Å². The van der Waals surface area contributed by atoms with Gasteiger partial charge in [0.25, 0.3) is 17.8 Å². The molecule has 0 amide bonds. The van der Waals surface area contributed by atoms with Gasteiger partial charge < -0.3 is 105 Å². The van der Waals surface area contributed by atoms with Gasteiger partial charge in [-0.05, 0) is 155 Å². The first kappa shape index (κ1) is 100. The minimum Gasteiger partial charge on any atom is -0.368 e. The Bertz CT molecular complexity index is 6270. The average Bonchev–Trinajstić information content (AvgIpc) is 1.70. The van der Waals surface area contributed by atoms with Gasteiger partial charge in [-0.2, -0.15) is 39.9 Å². The molecule has 20 rings (SSSR count). The average molecular weight is 1960 g/mol. The summed E-state index contributed by atoms with van der Waals surface area (Å²) in [4.78, 5) is 46.6. The second-order valence-corrected chi connectivity index (χ2v) is 34.1. The number of aromatic amines is 8. The molecular weight excluding hydrogens is 1850 g/mol. The van der Waals surface area contributed by atoms with E-state index in [9.17, 15) is 0 Å². The van der Waals surface area contributed by atoms with Gasteiger partial charge in [-0.15, -0.1) is 129 Å². The summed E-state index contributed by atoms with van der Waals surface area (Å²) in [7, 11) is 30.2. The van der Waals surface area contributed by atoms with Crippen molar-refractivity contribution in [3.63, 3.8) is 0 Å². The molecule has 0 aliphatic heterocycles. The molecule has 0 atom stereocenters. The lowest BCUT2D eigenvalue weighted by molar-refractivity contribution is 0.873. The number of H-pyrrole nitrogens is 8. The third-order valence-corrected chi connectivity index (χ3v) is 23.2. The highest BCUT2D eigenvalue weighted by atomic mass is 32.1. The second-order valence-electron chi connectivity index (χ2n) is 28.4. The Kier molecular flexibility index (Phi) is 37.8. The van der Waals surface area contributed by atoms with E-state index < -0.39 is 0 Å². The van der Waals surface area contributed by atoms with Crippen LogP contribution in [0.4, 0.5) is 149 Å². The Morgan fingerprint density at radius 1 is 0.324 bits per heavy atom. The zero-order chi connectivity index (χ0) is 96.7. The number of nitrogens with zero attached hydrogens (tertiary/aromatic N) is 29. The third kappa shape index (κ3) is 30.8. The number of aromatic nitrogens is 30. The van der Waals surface area contributed by atoms with E-state index in [2.05, 4.69) is 238 Å². The topological polar surface area (TPSA) is 615 Å². The Hall–Kier alpha value is -16.5.